The monoisotopic (exact) mass is 392 g/mol. The molecule has 1 aliphatic heterocycles. The van der Waals surface area contributed by atoms with E-state index in [-0.39, 0.29) is 11.8 Å². The molecule has 1 aromatic carbocycles. The van der Waals surface area contributed by atoms with Crippen LogP contribution in [0.2, 0.25) is 0 Å². The number of aromatic nitrogens is 4. The summed E-state index contributed by atoms with van der Waals surface area (Å²) < 4.78 is 1.69. The summed E-state index contributed by atoms with van der Waals surface area (Å²) >= 11 is 0. The lowest BCUT2D eigenvalue weighted by Gasteiger charge is -2.22. The molecule has 7 nitrogen and oxygen atoms in total. The van der Waals surface area contributed by atoms with Crippen LogP contribution in [0, 0.1) is 11.8 Å². The Hall–Kier alpha value is -2.80. The molecule has 3 heterocycles. The fourth-order valence-corrected chi connectivity index (χ4v) is 3.88. The first-order valence-corrected chi connectivity index (χ1v) is 10.3. The number of fused-ring (bicyclic) bond motifs is 1. The second-order valence-electron chi connectivity index (χ2n) is 8.30. The van der Waals surface area contributed by atoms with Gasteiger partial charge in [0.2, 0.25) is 5.91 Å². The van der Waals surface area contributed by atoms with Crippen LogP contribution in [0.5, 0.6) is 0 Å². The van der Waals surface area contributed by atoms with Crippen LogP contribution in [0.15, 0.2) is 30.5 Å². The highest BCUT2D eigenvalue weighted by Crippen LogP contribution is 2.28. The fourth-order valence-electron chi connectivity index (χ4n) is 3.88. The second-order valence-corrected chi connectivity index (χ2v) is 8.30. The van der Waals surface area contributed by atoms with Crippen molar-refractivity contribution in [2.75, 3.05) is 18.4 Å². The van der Waals surface area contributed by atoms with Crippen LogP contribution in [0.1, 0.15) is 32.4 Å². The average molecular weight is 393 g/mol. The van der Waals surface area contributed by atoms with E-state index in [0.29, 0.717) is 11.7 Å². The van der Waals surface area contributed by atoms with Gasteiger partial charge in [-0.1, -0.05) is 31.2 Å². The van der Waals surface area contributed by atoms with Crippen LogP contribution in [-0.4, -0.2) is 39.0 Å². The molecule has 2 N–H and O–H groups in total. The van der Waals surface area contributed by atoms with Crippen molar-refractivity contribution in [2.24, 2.45) is 18.9 Å². The molecule has 152 valence electrons. The van der Waals surface area contributed by atoms with Crippen LogP contribution >= 0.6 is 0 Å². The van der Waals surface area contributed by atoms with Gasteiger partial charge >= 0.3 is 0 Å². The number of nitrogens with zero attached hydrogens (tertiary/aromatic N) is 4. The molecule has 29 heavy (non-hydrogen) atoms. The van der Waals surface area contributed by atoms with Gasteiger partial charge in [0.15, 0.2) is 0 Å². The number of hydrogen-bond donors (Lipinski definition) is 2. The van der Waals surface area contributed by atoms with Gasteiger partial charge in [-0.2, -0.15) is 0 Å². The van der Waals surface area contributed by atoms with Crippen molar-refractivity contribution >= 4 is 22.5 Å². The van der Waals surface area contributed by atoms with Crippen molar-refractivity contribution in [1.29, 1.82) is 0 Å². The van der Waals surface area contributed by atoms with Crippen molar-refractivity contribution in [2.45, 2.75) is 33.1 Å². The fraction of sp³-hybridized carbons (Fsp3) is 0.455. The minimum atomic E-state index is 0.000670. The van der Waals surface area contributed by atoms with Gasteiger partial charge in [-0.25, -0.2) is 4.98 Å². The minimum Gasteiger partial charge on any atom is -0.316 e. The number of anilines is 1. The van der Waals surface area contributed by atoms with Gasteiger partial charge in [0.05, 0.1) is 17.8 Å². The maximum atomic E-state index is 12.7. The van der Waals surface area contributed by atoms with Gasteiger partial charge in [-0.15, -0.1) is 5.10 Å². The molecule has 1 fully saturated rings. The highest BCUT2D eigenvalue weighted by atomic mass is 16.2. The summed E-state index contributed by atoms with van der Waals surface area (Å²) in [6.45, 7) is 6.08. The Morgan fingerprint density at radius 3 is 2.90 bits per heavy atom. The zero-order valence-electron chi connectivity index (χ0n) is 17.3. The second kappa shape index (κ2) is 8.29. The molecule has 1 atom stereocenters. The summed E-state index contributed by atoms with van der Waals surface area (Å²) in [4.78, 5) is 17.5. The number of nitrogens with one attached hydrogen (secondary N) is 2. The Labute approximate surface area is 170 Å². The molecule has 0 spiro atoms. The lowest BCUT2D eigenvalue weighted by molar-refractivity contribution is -0.120. The van der Waals surface area contributed by atoms with Gasteiger partial charge < -0.3 is 10.6 Å². The minimum absolute atomic E-state index is 0.000670. The van der Waals surface area contributed by atoms with Crippen molar-refractivity contribution in [3.8, 4) is 11.3 Å². The topological polar surface area (TPSA) is 84.7 Å². The number of hydrogen-bond acceptors (Lipinski definition) is 5. The van der Waals surface area contributed by atoms with E-state index in [0.717, 1.165) is 60.1 Å². The standard InChI is InChI=1S/C22H28N6O/c1-14(2)9-19-18-7-6-15(20-13-28(3)27-26-20)10-17(18)11-21(24-19)25-22(29)16-5-4-8-23-12-16/h6-7,10-11,13-14,16,23H,4-5,8-9,12H2,1-3H3,(H,24,25,29)/t16-/m1/s1. The third-order valence-electron chi connectivity index (χ3n) is 5.33. The van der Waals surface area contributed by atoms with Crippen molar-refractivity contribution < 1.29 is 4.79 Å². The molecule has 1 saturated heterocycles. The zero-order valence-corrected chi connectivity index (χ0v) is 17.3. The predicted octanol–water partition coefficient (Wildman–Crippen LogP) is 3.17. The lowest BCUT2D eigenvalue weighted by Crippen LogP contribution is -2.37. The summed E-state index contributed by atoms with van der Waals surface area (Å²) in [5, 5.41) is 16.8. The van der Waals surface area contributed by atoms with E-state index < -0.39 is 0 Å². The van der Waals surface area contributed by atoms with Crippen molar-refractivity contribution in [3.63, 3.8) is 0 Å². The Balaban J connectivity index is 1.70. The number of carbonyl (C=O) groups excluding carboxylic acids is 1. The van der Waals surface area contributed by atoms with Crippen LogP contribution < -0.4 is 10.6 Å². The first-order valence-electron chi connectivity index (χ1n) is 10.3. The summed E-state index contributed by atoms with van der Waals surface area (Å²) in [7, 11) is 1.86. The molecule has 0 bridgehead atoms. The van der Waals surface area contributed by atoms with E-state index in [2.05, 4.69) is 53.0 Å². The number of carbonyl (C=O) groups is 1. The van der Waals surface area contributed by atoms with Crippen LogP contribution in [-0.2, 0) is 18.3 Å². The molecule has 0 unspecified atom stereocenters. The highest BCUT2D eigenvalue weighted by Gasteiger charge is 2.21. The Morgan fingerprint density at radius 1 is 1.34 bits per heavy atom. The molecule has 7 heteroatoms. The normalized spacial score (nSPS) is 17.0. The zero-order chi connectivity index (χ0) is 20.4. The Kier molecular flexibility index (Phi) is 5.58. The van der Waals surface area contributed by atoms with E-state index >= 15 is 0 Å². The van der Waals surface area contributed by atoms with Gasteiger partial charge in [-0.05, 0) is 49.2 Å². The molecular formula is C22H28N6O. The van der Waals surface area contributed by atoms with Gasteiger partial charge in [-0.3, -0.25) is 9.48 Å². The van der Waals surface area contributed by atoms with Gasteiger partial charge in [0.25, 0.3) is 0 Å². The van der Waals surface area contributed by atoms with Crippen LogP contribution in [0.3, 0.4) is 0 Å². The predicted molar refractivity (Wildman–Crippen MR) is 115 cm³/mol. The number of amides is 1. The van der Waals surface area contributed by atoms with Crippen molar-refractivity contribution in [3.05, 3.63) is 36.2 Å². The molecule has 0 aliphatic carbocycles. The van der Waals surface area contributed by atoms with Crippen LogP contribution in [0.4, 0.5) is 5.82 Å². The van der Waals surface area contributed by atoms with E-state index in [1.807, 2.05) is 19.3 Å². The number of rotatable bonds is 5. The van der Waals surface area contributed by atoms with Gasteiger partial charge in [0, 0.05) is 24.5 Å². The molecule has 0 saturated carbocycles. The first kappa shape index (κ1) is 19.5. The Bertz CT molecular complexity index is 1020. The maximum absolute atomic E-state index is 12.7. The van der Waals surface area contributed by atoms with E-state index in [4.69, 9.17) is 4.98 Å². The van der Waals surface area contributed by atoms with E-state index in [9.17, 15) is 4.79 Å². The van der Waals surface area contributed by atoms with Gasteiger partial charge in [0.1, 0.15) is 11.5 Å². The van der Waals surface area contributed by atoms with Crippen LogP contribution in [0.25, 0.3) is 22.0 Å². The molecule has 3 aromatic rings. The molecule has 1 aliphatic rings. The Morgan fingerprint density at radius 2 is 2.21 bits per heavy atom. The number of aryl methyl sites for hydroxylation is 1. The van der Waals surface area contributed by atoms with Crippen molar-refractivity contribution in [1.82, 2.24) is 25.3 Å². The molecule has 0 radical (unpaired) electrons. The smallest absolute Gasteiger partial charge is 0.229 e. The maximum Gasteiger partial charge on any atom is 0.229 e. The molecule has 2 aromatic heterocycles. The molecule has 1 amide bonds. The van der Waals surface area contributed by atoms with E-state index in [1.165, 1.54) is 0 Å². The summed E-state index contributed by atoms with van der Waals surface area (Å²) in [6.07, 6.45) is 4.71. The number of benzene rings is 1. The summed E-state index contributed by atoms with van der Waals surface area (Å²) in [5.74, 6) is 1.14. The summed E-state index contributed by atoms with van der Waals surface area (Å²) in [6, 6.07) is 8.22. The van der Waals surface area contributed by atoms with E-state index in [1.54, 1.807) is 4.68 Å². The highest BCUT2D eigenvalue weighted by molar-refractivity contribution is 5.96. The third-order valence-corrected chi connectivity index (χ3v) is 5.33. The quantitative estimate of drug-likeness (QED) is 0.697. The molecule has 4 rings (SSSR count). The molecular weight excluding hydrogens is 364 g/mol. The SMILES string of the molecule is CC(C)Cc1nc(NC(=O)[C@@H]2CCCNC2)cc2cc(-c3cn(C)nn3)ccc12. The number of pyridine rings is 1. The summed E-state index contributed by atoms with van der Waals surface area (Å²) in [5.41, 5.74) is 2.84. The lowest BCUT2D eigenvalue weighted by atomic mass is 9.98. The number of piperidine rings is 1. The average Bonchev–Trinajstić information content (AvgIpc) is 3.14. The first-order chi connectivity index (χ1) is 14.0. The third kappa shape index (κ3) is 4.45. The largest absolute Gasteiger partial charge is 0.316 e.